The molecule has 3 aliphatic heterocycles. The van der Waals surface area contributed by atoms with E-state index in [2.05, 4.69) is 17.4 Å². The van der Waals surface area contributed by atoms with Crippen molar-refractivity contribution in [1.29, 1.82) is 0 Å². The lowest BCUT2D eigenvalue weighted by Gasteiger charge is -2.39. The predicted octanol–water partition coefficient (Wildman–Crippen LogP) is 4.11. The van der Waals surface area contributed by atoms with Gasteiger partial charge >= 0.3 is 12.2 Å². The van der Waals surface area contributed by atoms with Crippen molar-refractivity contribution in [2.24, 2.45) is 0 Å². The van der Waals surface area contributed by atoms with E-state index in [4.69, 9.17) is 14.2 Å². The van der Waals surface area contributed by atoms with Crippen LogP contribution in [0.4, 0.5) is 9.59 Å². The van der Waals surface area contributed by atoms with Crippen LogP contribution in [0.2, 0.25) is 0 Å². The molecular weight excluding hydrogens is 446 g/mol. The highest BCUT2D eigenvalue weighted by atomic mass is 16.6. The average molecular weight is 488 g/mol. The van der Waals surface area contributed by atoms with Gasteiger partial charge in [0.25, 0.3) is 0 Å². The van der Waals surface area contributed by atoms with Gasteiger partial charge in [0.05, 0.1) is 13.2 Å². The van der Waals surface area contributed by atoms with Crippen molar-refractivity contribution >= 4 is 12.2 Å². The molecule has 8 heteroatoms. The topological polar surface area (TPSA) is 80.3 Å². The lowest BCUT2D eigenvalue weighted by Crippen LogP contribution is -2.52. The van der Waals surface area contributed by atoms with Crippen LogP contribution in [0.15, 0.2) is 24.3 Å². The quantitative estimate of drug-likeness (QED) is 0.624. The van der Waals surface area contributed by atoms with Crippen molar-refractivity contribution < 1.29 is 23.8 Å². The van der Waals surface area contributed by atoms with E-state index in [0.29, 0.717) is 25.8 Å². The molecule has 1 aromatic carbocycles. The molecule has 2 unspecified atom stereocenters. The molecule has 0 saturated carbocycles. The number of hydrogen-bond donors (Lipinski definition) is 1. The molecule has 3 saturated heterocycles. The van der Waals surface area contributed by atoms with E-state index in [0.717, 1.165) is 50.6 Å². The van der Waals surface area contributed by atoms with Crippen molar-refractivity contribution in [2.75, 3.05) is 26.8 Å². The molecule has 1 aromatic rings. The van der Waals surface area contributed by atoms with Crippen LogP contribution < -0.4 is 5.32 Å². The van der Waals surface area contributed by atoms with Crippen molar-refractivity contribution in [3.8, 4) is 0 Å². The van der Waals surface area contributed by atoms with E-state index in [1.807, 2.05) is 37.8 Å². The summed E-state index contributed by atoms with van der Waals surface area (Å²) >= 11 is 0. The minimum atomic E-state index is -0.509. The first kappa shape index (κ1) is 25.8. The van der Waals surface area contributed by atoms with Crippen LogP contribution in [0.5, 0.6) is 0 Å². The molecule has 3 atom stereocenters. The van der Waals surface area contributed by atoms with Crippen molar-refractivity contribution in [3.63, 3.8) is 0 Å². The summed E-state index contributed by atoms with van der Waals surface area (Å²) in [7, 11) is 1.78. The fourth-order valence-corrected chi connectivity index (χ4v) is 5.48. The molecular formula is C27H41N3O5. The summed E-state index contributed by atoms with van der Waals surface area (Å²) in [6.07, 6.45) is 5.17. The molecule has 0 aromatic heterocycles. The normalized spacial score (nSPS) is 26.0. The number of nitrogens with one attached hydrogen (secondary N) is 1. The number of rotatable bonds is 7. The van der Waals surface area contributed by atoms with Gasteiger partial charge in [-0.3, -0.25) is 0 Å². The summed E-state index contributed by atoms with van der Waals surface area (Å²) in [6.45, 7) is 8.21. The third-order valence-electron chi connectivity index (χ3n) is 7.16. The summed E-state index contributed by atoms with van der Waals surface area (Å²) in [4.78, 5) is 28.8. The summed E-state index contributed by atoms with van der Waals surface area (Å²) < 4.78 is 16.5. The van der Waals surface area contributed by atoms with E-state index in [9.17, 15) is 9.59 Å². The predicted molar refractivity (Wildman–Crippen MR) is 133 cm³/mol. The van der Waals surface area contributed by atoms with Gasteiger partial charge in [-0.25, -0.2) is 9.59 Å². The fourth-order valence-electron chi connectivity index (χ4n) is 5.48. The van der Waals surface area contributed by atoms with Crippen LogP contribution in [0.25, 0.3) is 0 Å². The van der Waals surface area contributed by atoms with E-state index in [1.165, 1.54) is 5.56 Å². The number of carbonyl (C=O) groups excluding carboxylic acids is 2. The van der Waals surface area contributed by atoms with Gasteiger partial charge in [0.2, 0.25) is 0 Å². The number of carbonyl (C=O) groups is 2. The number of hydrogen-bond acceptors (Lipinski definition) is 6. The molecule has 2 amide bonds. The molecule has 3 fully saturated rings. The Morgan fingerprint density at radius 3 is 2.43 bits per heavy atom. The second-order valence-corrected chi connectivity index (χ2v) is 11.1. The van der Waals surface area contributed by atoms with Crippen LogP contribution in [0.1, 0.15) is 64.0 Å². The molecule has 4 rings (SSSR count). The molecule has 8 nitrogen and oxygen atoms in total. The number of ether oxygens (including phenoxy) is 3. The monoisotopic (exact) mass is 487 g/mol. The zero-order chi connectivity index (χ0) is 25.0. The standard InChI is InChI=1S/C27H41N3O5/c1-27(2,3)35-25(31)29(4)17-20-8-6-5-7-19(20)11-13-28-21-15-22-9-10-23(16-21)30(22)26(32)34-24-12-14-33-18-24/h5-8,21-24,28H,9-18H2,1-4H3/t21?,22?,23?,24-/m1/s1. The Morgan fingerprint density at radius 2 is 1.80 bits per heavy atom. The Morgan fingerprint density at radius 1 is 1.11 bits per heavy atom. The number of nitrogens with zero attached hydrogens (tertiary/aromatic N) is 2. The zero-order valence-electron chi connectivity index (χ0n) is 21.6. The first-order chi connectivity index (χ1) is 16.7. The van der Waals surface area contributed by atoms with E-state index < -0.39 is 5.60 Å². The largest absolute Gasteiger partial charge is 0.444 e. The Labute approximate surface area is 209 Å². The van der Waals surface area contributed by atoms with Gasteiger partial charge in [-0.15, -0.1) is 0 Å². The lowest BCUT2D eigenvalue weighted by molar-refractivity contribution is 0.0282. The Balaban J connectivity index is 1.25. The second-order valence-electron chi connectivity index (χ2n) is 11.1. The summed E-state index contributed by atoms with van der Waals surface area (Å²) in [5, 5.41) is 3.73. The van der Waals surface area contributed by atoms with Gasteiger partial charge in [-0.2, -0.15) is 0 Å². The van der Waals surface area contributed by atoms with Crippen LogP contribution >= 0.6 is 0 Å². The maximum absolute atomic E-state index is 12.8. The number of piperidine rings is 1. The number of amides is 2. The first-order valence-corrected chi connectivity index (χ1v) is 13.0. The van der Waals surface area contributed by atoms with Crippen LogP contribution in [-0.4, -0.2) is 78.6 Å². The highest BCUT2D eigenvalue weighted by molar-refractivity contribution is 5.69. The molecule has 3 heterocycles. The molecule has 2 bridgehead atoms. The fraction of sp³-hybridized carbons (Fsp3) is 0.704. The molecule has 194 valence electrons. The number of benzene rings is 1. The second kappa shape index (κ2) is 11.2. The van der Waals surface area contributed by atoms with Gasteiger partial charge in [0, 0.05) is 38.1 Å². The highest BCUT2D eigenvalue weighted by Crippen LogP contribution is 2.36. The molecule has 1 N–H and O–H groups in total. The highest BCUT2D eigenvalue weighted by Gasteiger charge is 2.44. The first-order valence-electron chi connectivity index (χ1n) is 13.0. The van der Waals surface area contributed by atoms with Crippen LogP contribution in [0, 0.1) is 0 Å². The van der Waals surface area contributed by atoms with Crippen LogP contribution in [-0.2, 0) is 27.2 Å². The van der Waals surface area contributed by atoms with Crippen molar-refractivity contribution in [1.82, 2.24) is 15.1 Å². The smallest absolute Gasteiger partial charge is 0.410 e. The maximum Gasteiger partial charge on any atom is 0.410 e. The van der Waals surface area contributed by atoms with E-state index >= 15 is 0 Å². The van der Waals surface area contributed by atoms with Gasteiger partial charge in [0.1, 0.15) is 11.7 Å². The van der Waals surface area contributed by atoms with E-state index in [-0.39, 0.29) is 30.4 Å². The minimum Gasteiger partial charge on any atom is -0.444 e. The Kier molecular flexibility index (Phi) is 8.22. The molecule has 0 radical (unpaired) electrons. The third-order valence-corrected chi connectivity index (χ3v) is 7.16. The third kappa shape index (κ3) is 6.88. The summed E-state index contributed by atoms with van der Waals surface area (Å²) in [5.41, 5.74) is 1.86. The SMILES string of the molecule is CN(Cc1ccccc1CCNC1CC2CCC(C1)N2C(=O)O[C@@H]1CCOC1)C(=O)OC(C)(C)C. The van der Waals surface area contributed by atoms with E-state index in [1.54, 1.807) is 11.9 Å². The van der Waals surface area contributed by atoms with Gasteiger partial charge < -0.3 is 29.3 Å². The molecule has 35 heavy (non-hydrogen) atoms. The maximum atomic E-state index is 12.8. The Hall–Kier alpha value is -2.32. The van der Waals surface area contributed by atoms with Gasteiger partial charge in [-0.1, -0.05) is 24.3 Å². The van der Waals surface area contributed by atoms with Gasteiger partial charge in [0.15, 0.2) is 0 Å². The molecule has 3 aliphatic rings. The summed E-state index contributed by atoms with van der Waals surface area (Å²) in [6, 6.07) is 9.20. The van der Waals surface area contributed by atoms with Crippen molar-refractivity contribution in [3.05, 3.63) is 35.4 Å². The lowest BCUT2D eigenvalue weighted by atomic mass is 9.97. The average Bonchev–Trinajstić information content (AvgIpc) is 3.39. The Bertz CT molecular complexity index is 866. The molecule has 0 spiro atoms. The van der Waals surface area contributed by atoms with Gasteiger partial charge in [-0.05, 0) is 70.5 Å². The van der Waals surface area contributed by atoms with Crippen LogP contribution in [0.3, 0.4) is 0 Å². The zero-order valence-corrected chi connectivity index (χ0v) is 21.6. The molecule has 0 aliphatic carbocycles. The minimum absolute atomic E-state index is 0.0906. The van der Waals surface area contributed by atoms with Crippen molar-refractivity contribution in [2.45, 2.75) is 95.7 Å². The summed E-state index contributed by atoms with van der Waals surface area (Å²) in [5.74, 6) is 0. The number of fused-ring (bicyclic) bond motifs is 2.